The second kappa shape index (κ2) is 6.65. The van der Waals surface area contributed by atoms with Crippen LogP contribution in [0, 0.1) is 0 Å². The Morgan fingerprint density at radius 1 is 1.00 bits per heavy atom. The van der Waals surface area contributed by atoms with Gasteiger partial charge in [0, 0.05) is 26.3 Å². The Kier molecular flexibility index (Phi) is 5.37. The predicted molar refractivity (Wildman–Crippen MR) is 53.5 cm³/mol. The molecule has 2 rings (SSSR count). The number of hydrogen-bond acceptors (Lipinski definition) is 2. The molecule has 0 unspecified atom stereocenters. The monoisotopic (exact) mass is 201 g/mol. The molecule has 14 heavy (non-hydrogen) atoms. The summed E-state index contributed by atoms with van der Waals surface area (Å²) < 4.78 is 4.94. The van der Waals surface area contributed by atoms with Gasteiger partial charge in [-0.05, 0) is 32.1 Å². The van der Waals surface area contributed by atoms with Crippen molar-refractivity contribution in [2.45, 2.75) is 32.1 Å². The molecule has 1 amide bonds. The van der Waals surface area contributed by atoms with Gasteiger partial charge in [0.2, 0.25) is 0 Å². The lowest BCUT2D eigenvalue weighted by atomic mass is 10.1. The molecule has 82 valence electrons. The van der Waals surface area contributed by atoms with E-state index in [-0.39, 0.29) is 0 Å². The van der Waals surface area contributed by atoms with Gasteiger partial charge in [-0.3, -0.25) is 0 Å². The van der Waals surface area contributed by atoms with Crippen LogP contribution in [-0.4, -0.2) is 42.4 Å². The molecule has 0 aromatic carbocycles. The number of nitrogens with zero attached hydrogens (tertiary/aromatic N) is 1. The second-order valence-corrected chi connectivity index (χ2v) is 3.65. The highest BCUT2D eigenvalue weighted by atomic mass is 16.5. The summed E-state index contributed by atoms with van der Waals surface area (Å²) in [7, 11) is 0. The predicted octanol–water partition coefficient (Wildman–Crippen LogP) is 1.95. The molecule has 2 heterocycles. The van der Waals surface area contributed by atoms with Crippen molar-refractivity contribution in [3.63, 3.8) is 0 Å². The quantitative estimate of drug-likeness (QED) is 0.651. The maximum Gasteiger partial charge on any atom is 0.407 e. The summed E-state index contributed by atoms with van der Waals surface area (Å²) in [5, 5.41) is 8.46. The molecule has 2 fully saturated rings. The summed E-state index contributed by atoms with van der Waals surface area (Å²) in [4.78, 5) is 11.8. The molecule has 0 aromatic rings. The van der Waals surface area contributed by atoms with Crippen LogP contribution in [0.1, 0.15) is 32.1 Å². The van der Waals surface area contributed by atoms with Crippen molar-refractivity contribution >= 4 is 6.09 Å². The molecular formula is C10H19NO3. The SMILES string of the molecule is C1CCOC1.O=C(O)N1CCCCC1. The van der Waals surface area contributed by atoms with E-state index in [2.05, 4.69) is 0 Å². The molecule has 0 bridgehead atoms. The molecule has 0 saturated carbocycles. The number of piperidine rings is 1. The van der Waals surface area contributed by atoms with Crippen LogP contribution >= 0.6 is 0 Å². The smallest absolute Gasteiger partial charge is 0.407 e. The van der Waals surface area contributed by atoms with Crippen molar-refractivity contribution < 1.29 is 14.6 Å². The molecular weight excluding hydrogens is 182 g/mol. The number of amides is 1. The van der Waals surface area contributed by atoms with Gasteiger partial charge in [-0.15, -0.1) is 0 Å². The van der Waals surface area contributed by atoms with Gasteiger partial charge in [-0.25, -0.2) is 4.79 Å². The normalized spacial score (nSPS) is 21.3. The molecule has 2 saturated heterocycles. The third kappa shape index (κ3) is 4.46. The van der Waals surface area contributed by atoms with Crippen LogP contribution in [0.2, 0.25) is 0 Å². The molecule has 0 aromatic heterocycles. The van der Waals surface area contributed by atoms with Crippen LogP contribution in [0.4, 0.5) is 4.79 Å². The third-order valence-corrected chi connectivity index (χ3v) is 2.45. The van der Waals surface area contributed by atoms with Crippen molar-refractivity contribution in [3.05, 3.63) is 0 Å². The molecule has 1 N–H and O–H groups in total. The largest absolute Gasteiger partial charge is 0.465 e. The first-order chi connectivity index (χ1) is 6.80. The van der Waals surface area contributed by atoms with Gasteiger partial charge >= 0.3 is 6.09 Å². The molecule has 0 aliphatic carbocycles. The van der Waals surface area contributed by atoms with Gasteiger partial charge in [0.05, 0.1) is 0 Å². The maximum atomic E-state index is 10.3. The standard InChI is InChI=1S/C6H11NO2.C4H8O/c8-6(9)7-4-2-1-3-5-7;1-2-4-5-3-1/h1-5H2,(H,8,9);1-4H2. The average Bonchev–Trinajstić information content (AvgIpc) is 2.77. The van der Waals surface area contributed by atoms with Crippen LogP contribution in [-0.2, 0) is 4.74 Å². The maximum absolute atomic E-state index is 10.3. The number of rotatable bonds is 0. The Bertz CT molecular complexity index is 155. The highest BCUT2D eigenvalue weighted by Crippen LogP contribution is 2.07. The van der Waals surface area contributed by atoms with Crippen LogP contribution in [0.25, 0.3) is 0 Å². The highest BCUT2D eigenvalue weighted by Gasteiger charge is 2.13. The van der Waals surface area contributed by atoms with E-state index < -0.39 is 6.09 Å². The molecule has 2 aliphatic rings. The minimum atomic E-state index is -0.769. The lowest BCUT2D eigenvalue weighted by molar-refractivity contribution is 0.136. The van der Waals surface area contributed by atoms with Crippen LogP contribution < -0.4 is 0 Å². The summed E-state index contributed by atoms with van der Waals surface area (Å²) in [6.45, 7) is 3.46. The summed E-state index contributed by atoms with van der Waals surface area (Å²) in [6.07, 6.45) is 5.04. The highest BCUT2D eigenvalue weighted by molar-refractivity contribution is 5.64. The molecule has 0 atom stereocenters. The van der Waals surface area contributed by atoms with Crippen molar-refractivity contribution in [1.82, 2.24) is 4.90 Å². The molecule has 4 nitrogen and oxygen atoms in total. The van der Waals surface area contributed by atoms with Gasteiger partial charge in [-0.2, -0.15) is 0 Å². The minimum Gasteiger partial charge on any atom is -0.465 e. The first kappa shape index (κ1) is 11.3. The Hall–Kier alpha value is -0.770. The van der Waals surface area contributed by atoms with Crippen molar-refractivity contribution in [3.8, 4) is 0 Å². The van der Waals surface area contributed by atoms with Gasteiger partial charge in [-0.1, -0.05) is 0 Å². The van der Waals surface area contributed by atoms with Crippen LogP contribution in [0.5, 0.6) is 0 Å². The van der Waals surface area contributed by atoms with E-state index in [1.165, 1.54) is 24.2 Å². The zero-order valence-electron chi connectivity index (χ0n) is 8.57. The van der Waals surface area contributed by atoms with Crippen LogP contribution in [0.3, 0.4) is 0 Å². The van der Waals surface area contributed by atoms with Gasteiger partial charge in [0.25, 0.3) is 0 Å². The fraction of sp³-hybridized carbons (Fsp3) is 0.900. The van der Waals surface area contributed by atoms with E-state index >= 15 is 0 Å². The summed E-state index contributed by atoms with van der Waals surface area (Å²) >= 11 is 0. The summed E-state index contributed by atoms with van der Waals surface area (Å²) in [5.41, 5.74) is 0. The number of likely N-dealkylation sites (tertiary alicyclic amines) is 1. The summed E-state index contributed by atoms with van der Waals surface area (Å²) in [6, 6.07) is 0. The van der Waals surface area contributed by atoms with Crippen molar-refractivity contribution in [1.29, 1.82) is 0 Å². The van der Waals surface area contributed by atoms with E-state index in [0.717, 1.165) is 39.1 Å². The average molecular weight is 201 g/mol. The van der Waals surface area contributed by atoms with E-state index in [1.54, 1.807) is 0 Å². The Morgan fingerprint density at radius 2 is 1.57 bits per heavy atom. The number of carbonyl (C=O) groups is 1. The Balaban J connectivity index is 0.000000165. The second-order valence-electron chi connectivity index (χ2n) is 3.65. The number of carboxylic acid groups (broad SMARTS) is 1. The topological polar surface area (TPSA) is 49.8 Å². The fourth-order valence-electron chi connectivity index (χ4n) is 1.60. The van der Waals surface area contributed by atoms with E-state index in [4.69, 9.17) is 9.84 Å². The minimum absolute atomic E-state index is 0.731. The van der Waals surface area contributed by atoms with Crippen LogP contribution in [0.15, 0.2) is 0 Å². The molecule has 0 spiro atoms. The zero-order chi connectivity index (χ0) is 10.2. The lowest BCUT2D eigenvalue weighted by Crippen LogP contribution is -2.34. The van der Waals surface area contributed by atoms with Crippen molar-refractivity contribution in [2.24, 2.45) is 0 Å². The van der Waals surface area contributed by atoms with Gasteiger partial charge in [0.1, 0.15) is 0 Å². The first-order valence-electron chi connectivity index (χ1n) is 5.36. The first-order valence-corrected chi connectivity index (χ1v) is 5.36. The molecule has 0 radical (unpaired) electrons. The Labute approximate surface area is 84.8 Å². The third-order valence-electron chi connectivity index (χ3n) is 2.45. The van der Waals surface area contributed by atoms with Gasteiger partial charge in [0.15, 0.2) is 0 Å². The number of ether oxygens (including phenoxy) is 1. The van der Waals surface area contributed by atoms with E-state index in [1.807, 2.05) is 0 Å². The Morgan fingerprint density at radius 3 is 1.86 bits per heavy atom. The fourth-order valence-corrected chi connectivity index (χ4v) is 1.60. The molecule has 4 heteroatoms. The lowest BCUT2D eigenvalue weighted by Gasteiger charge is -2.22. The van der Waals surface area contributed by atoms with E-state index in [9.17, 15) is 4.79 Å². The van der Waals surface area contributed by atoms with Crippen molar-refractivity contribution in [2.75, 3.05) is 26.3 Å². The summed E-state index contributed by atoms with van der Waals surface area (Å²) in [5.74, 6) is 0. The molecule has 2 aliphatic heterocycles. The van der Waals surface area contributed by atoms with E-state index in [0.29, 0.717) is 0 Å². The van der Waals surface area contributed by atoms with Gasteiger partial charge < -0.3 is 14.7 Å². The zero-order valence-corrected chi connectivity index (χ0v) is 8.57. The number of hydrogen-bond donors (Lipinski definition) is 1.